The van der Waals surface area contributed by atoms with Crippen molar-refractivity contribution in [2.75, 3.05) is 0 Å². The Balaban J connectivity index is 2.21. The van der Waals surface area contributed by atoms with Crippen LogP contribution in [0.1, 0.15) is 39.5 Å². The number of aliphatic hydroxyl groups is 1. The Morgan fingerprint density at radius 1 is 1.48 bits per heavy atom. The van der Waals surface area contributed by atoms with Crippen LogP contribution in [-0.2, 0) is 10.0 Å². The van der Waals surface area contributed by atoms with Crippen molar-refractivity contribution < 1.29 is 13.5 Å². The first-order valence-electron chi connectivity index (χ1n) is 7.97. The highest BCUT2D eigenvalue weighted by molar-refractivity contribution is 7.91. The standard InChI is InChI=1S/C16H24ClNO3S2/c1-3-11(2)15(16(19)12-7-5-4-6-8-12)18-23(20,21)14-10-9-13(17)22-14/h5,7,9-12,15-16,18-19H,3-4,6,8H2,1-2H3. The van der Waals surface area contributed by atoms with Gasteiger partial charge in [-0.2, -0.15) is 0 Å². The van der Waals surface area contributed by atoms with Gasteiger partial charge in [-0.1, -0.05) is 44.0 Å². The van der Waals surface area contributed by atoms with Gasteiger partial charge in [0.25, 0.3) is 0 Å². The van der Waals surface area contributed by atoms with Crippen LogP contribution in [0.5, 0.6) is 0 Å². The molecule has 0 aliphatic heterocycles. The normalized spacial score (nSPS) is 22.7. The molecule has 130 valence electrons. The summed E-state index contributed by atoms with van der Waals surface area (Å²) in [5.41, 5.74) is 0. The lowest BCUT2D eigenvalue weighted by atomic mass is 9.83. The second kappa shape index (κ2) is 8.12. The third kappa shape index (κ3) is 4.79. The molecule has 0 bridgehead atoms. The number of rotatable bonds is 7. The summed E-state index contributed by atoms with van der Waals surface area (Å²) in [5.74, 6) is 0.0305. The summed E-state index contributed by atoms with van der Waals surface area (Å²) < 4.78 is 28.5. The van der Waals surface area contributed by atoms with Crippen LogP contribution >= 0.6 is 22.9 Å². The summed E-state index contributed by atoms with van der Waals surface area (Å²) in [6.45, 7) is 3.96. The fraction of sp³-hybridized carbons (Fsp3) is 0.625. The van der Waals surface area contributed by atoms with Crippen LogP contribution < -0.4 is 4.72 Å². The Morgan fingerprint density at radius 2 is 2.22 bits per heavy atom. The van der Waals surface area contributed by atoms with Gasteiger partial charge >= 0.3 is 0 Å². The molecule has 0 fully saturated rings. The van der Waals surface area contributed by atoms with Crippen molar-refractivity contribution in [3.05, 3.63) is 28.6 Å². The molecular weight excluding hydrogens is 354 g/mol. The molecule has 0 amide bonds. The van der Waals surface area contributed by atoms with Crippen LogP contribution in [0, 0.1) is 11.8 Å². The fourth-order valence-corrected chi connectivity index (χ4v) is 5.71. The monoisotopic (exact) mass is 377 g/mol. The number of hydrogen-bond donors (Lipinski definition) is 2. The van der Waals surface area contributed by atoms with Gasteiger partial charge in [0.15, 0.2) is 0 Å². The fourth-order valence-electron chi connectivity index (χ4n) is 2.85. The zero-order valence-electron chi connectivity index (χ0n) is 13.4. The molecule has 1 aromatic rings. The molecule has 1 aliphatic rings. The molecule has 1 aliphatic carbocycles. The molecule has 4 atom stereocenters. The Labute approximate surface area is 147 Å². The lowest BCUT2D eigenvalue weighted by Gasteiger charge is -2.33. The number of allylic oxidation sites excluding steroid dienone is 1. The van der Waals surface area contributed by atoms with Crippen molar-refractivity contribution in [3.8, 4) is 0 Å². The van der Waals surface area contributed by atoms with Gasteiger partial charge in [0, 0.05) is 5.92 Å². The highest BCUT2D eigenvalue weighted by Crippen LogP contribution is 2.29. The minimum atomic E-state index is -3.68. The van der Waals surface area contributed by atoms with Gasteiger partial charge in [0.1, 0.15) is 4.21 Å². The average molecular weight is 378 g/mol. The third-order valence-electron chi connectivity index (χ3n) is 4.46. The van der Waals surface area contributed by atoms with Crippen molar-refractivity contribution >= 4 is 33.0 Å². The second-order valence-electron chi connectivity index (χ2n) is 6.10. The van der Waals surface area contributed by atoms with Crippen LogP contribution in [0.3, 0.4) is 0 Å². The molecule has 2 rings (SSSR count). The Morgan fingerprint density at radius 3 is 2.74 bits per heavy atom. The lowest BCUT2D eigenvalue weighted by Crippen LogP contribution is -2.49. The van der Waals surface area contributed by atoms with E-state index >= 15 is 0 Å². The summed E-state index contributed by atoms with van der Waals surface area (Å²) in [5, 5.41) is 10.7. The lowest BCUT2D eigenvalue weighted by molar-refractivity contribution is 0.0685. The molecule has 0 aromatic carbocycles. The van der Waals surface area contributed by atoms with E-state index in [1.807, 2.05) is 19.9 Å². The topological polar surface area (TPSA) is 66.4 Å². The van der Waals surface area contributed by atoms with E-state index in [4.69, 9.17) is 11.6 Å². The average Bonchev–Trinajstić information content (AvgIpc) is 2.99. The van der Waals surface area contributed by atoms with Crippen molar-refractivity contribution in [2.45, 2.75) is 55.9 Å². The minimum Gasteiger partial charge on any atom is -0.391 e. The molecule has 0 spiro atoms. The molecule has 23 heavy (non-hydrogen) atoms. The van der Waals surface area contributed by atoms with Crippen LogP contribution in [0.25, 0.3) is 0 Å². The smallest absolute Gasteiger partial charge is 0.250 e. The van der Waals surface area contributed by atoms with E-state index in [2.05, 4.69) is 10.8 Å². The SMILES string of the molecule is CCC(C)C(NS(=O)(=O)c1ccc(Cl)s1)C(O)C1C=CCCC1. The van der Waals surface area contributed by atoms with Crippen molar-refractivity contribution in [1.29, 1.82) is 0 Å². The number of aliphatic hydroxyl groups excluding tert-OH is 1. The predicted octanol–water partition coefficient (Wildman–Crippen LogP) is 3.81. The molecule has 0 radical (unpaired) electrons. The van der Waals surface area contributed by atoms with E-state index in [-0.39, 0.29) is 16.0 Å². The zero-order chi connectivity index (χ0) is 17.0. The number of sulfonamides is 1. The van der Waals surface area contributed by atoms with Crippen LogP contribution in [0.4, 0.5) is 0 Å². The van der Waals surface area contributed by atoms with Gasteiger partial charge in [-0.15, -0.1) is 11.3 Å². The molecular formula is C16H24ClNO3S2. The largest absolute Gasteiger partial charge is 0.391 e. The van der Waals surface area contributed by atoms with Gasteiger partial charge in [-0.3, -0.25) is 0 Å². The van der Waals surface area contributed by atoms with E-state index in [1.165, 1.54) is 6.07 Å². The molecule has 1 aromatic heterocycles. The molecule has 4 nitrogen and oxygen atoms in total. The highest BCUT2D eigenvalue weighted by Gasteiger charge is 2.34. The van der Waals surface area contributed by atoms with Gasteiger partial charge in [0.2, 0.25) is 10.0 Å². The van der Waals surface area contributed by atoms with Gasteiger partial charge in [-0.05, 0) is 37.3 Å². The summed E-state index contributed by atoms with van der Waals surface area (Å²) in [6.07, 6.45) is 7.07. The number of nitrogens with one attached hydrogen (secondary N) is 1. The second-order valence-corrected chi connectivity index (χ2v) is 9.76. The quantitative estimate of drug-likeness (QED) is 0.710. The Bertz CT molecular complexity index is 642. The number of hydrogen-bond acceptors (Lipinski definition) is 4. The molecule has 0 saturated carbocycles. The van der Waals surface area contributed by atoms with E-state index in [1.54, 1.807) is 6.07 Å². The maximum atomic E-state index is 12.6. The van der Waals surface area contributed by atoms with E-state index < -0.39 is 22.2 Å². The van der Waals surface area contributed by atoms with Crippen LogP contribution in [0.2, 0.25) is 4.34 Å². The van der Waals surface area contributed by atoms with E-state index in [0.717, 1.165) is 37.0 Å². The van der Waals surface area contributed by atoms with Gasteiger partial charge in [-0.25, -0.2) is 13.1 Å². The van der Waals surface area contributed by atoms with Crippen molar-refractivity contribution in [1.82, 2.24) is 4.72 Å². The zero-order valence-corrected chi connectivity index (χ0v) is 15.8. The predicted molar refractivity (Wildman–Crippen MR) is 95.4 cm³/mol. The summed E-state index contributed by atoms with van der Waals surface area (Å²) in [6, 6.07) is 2.55. The Kier molecular flexibility index (Phi) is 6.68. The first-order valence-corrected chi connectivity index (χ1v) is 10.6. The van der Waals surface area contributed by atoms with Crippen LogP contribution in [-0.4, -0.2) is 25.7 Å². The maximum Gasteiger partial charge on any atom is 0.250 e. The van der Waals surface area contributed by atoms with Crippen LogP contribution in [0.15, 0.2) is 28.5 Å². The Hall–Kier alpha value is -0.400. The summed E-state index contributed by atoms with van der Waals surface area (Å²) in [4.78, 5) is 0. The molecule has 0 saturated heterocycles. The molecule has 7 heteroatoms. The number of thiophene rings is 1. The van der Waals surface area contributed by atoms with Gasteiger partial charge < -0.3 is 5.11 Å². The first-order chi connectivity index (χ1) is 10.8. The third-order valence-corrected chi connectivity index (χ3v) is 7.64. The minimum absolute atomic E-state index is 0.00243. The van der Waals surface area contributed by atoms with Gasteiger partial charge in [0.05, 0.1) is 16.5 Å². The molecule has 4 unspecified atom stereocenters. The summed E-state index contributed by atoms with van der Waals surface area (Å²) >= 11 is 6.87. The number of halogens is 1. The van der Waals surface area contributed by atoms with Crippen molar-refractivity contribution in [2.24, 2.45) is 11.8 Å². The van der Waals surface area contributed by atoms with E-state index in [0.29, 0.717) is 4.34 Å². The van der Waals surface area contributed by atoms with Crippen molar-refractivity contribution in [3.63, 3.8) is 0 Å². The highest BCUT2D eigenvalue weighted by atomic mass is 35.5. The summed E-state index contributed by atoms with van der Waals surface area (Å²) in [7, 11) is -3.68. The molecule has 2 N–H and O–H groups in total. The molecule has 1 heterocycles. The maximum absolute atomic E-state index is 12.6. The van der Waals surface area contributed by atoms with E-state index in [9.17, 15) is 13.5 Å². The first kappa shape index (κ1) is 18.9.